The van der Waals surface area contributed by atoms with Crippen LogP contribution in [0.1, 0.15) is 52.5 Å². The number of hydrogen-bond acceptors (Lipinski definition) is 22. The number of ether oxygens (including phenoxy) is 3. The van der Waals surface area contributed by atoms with E-state index in [0.29, 0.717) is 13.7 Å². The van der Waals surface area contributed by atoms with Crippen LogP contribution in [-0.2, 0) is 32.3 Å². The van der Waals surface area contributed by atoms with E-state index in [-0.39, 0.29) is 16.7 Å². The van der Waals surface area contributed by atoms with Gasteiger partial charge in [0.1, 0.15) is 90.2 Å². The van der Waals surface area contributed by atoms with E-state index in [0.717, 1.165) is 0 Å². The van der Waals surface area contributed by atoms with Gasteiger partial charge >= 0.3 is 24.9 Å². The Kier molecular flexibility index (Phi) is 13.0. The Bertz CT molecular complexity index is 2510. The largest absolute Gasteiger partial charge is 0.475 e. The first kappa shape index (κ1) is 45.8. The normalized spacial score (nSPS) is 29.6. The van der Waals surface area contributed by atoms with Crippen LogP contribution in [0.3, 0.4) is 0 Å². The Morgan fingerprint density at radius 1 is 0.516 bits per heavy atom. The Morgan fingerprint density at radius 3 is 0.984 bits per heavy atom. The molecule has 29 heteroatoms. The van der Waals surface area contributed by atoms with Crippen molar-refractivity contribution in [2.24, 2.45) is 0 Å². The lowest BCUT2D eigenvalue weighted by molar-refractivity contribution is -0.0752. The predicted octanol–water partition coefficient (Wildman–Crippen LogP) is -5.81. The van der Waals surface area contributed by atoms with E-state index in [2.05, 4.69) is 0 Å². The molecule has 3 saturated heterocycles. The second-order valence-electron chi connectivity index (χ2n) is 14.1. The molecule has 0 radical (unpaired) electrons. The zero-order valence-corrected chi connectivity index (χ0v) is 33.1. The summed E-state index contributed by atoms with van der Waals surface area (Å²) in [4.78, 5) is 80.3. The molecule has 9 N–H and O–H groups in total. The molecule has 62 heavy (non-hydrogen) atoms. The molecule has 0 spiro atoms. The maximum Gasteiger partial charge on any atom is 0.475 e. The number of nitriles is 3. The van der Waals surface area contributed by atoms with Crippen LogP contribution >= 0.6 is 7.82 Å². The van der Waals surface area contributed by atoms with Crippen molar-refractivity contribution in [3.8, 4) is 18.2 Å². The number of rotatable bonds is 12. The van der Waals surface area contributed by atoms with Crippen LogP contribution < -0.4 is 33.7 Å². The zero-order valence-electron chi connectivity index (χ0n) is 32.2. The molecule has 332 valence electrons. The van der Waals surface area contributed by atoms with E-state index in [1.807, 2.05) is 15.0 Å². The van der Waals surface area contributed by atoms with Crippen LogP contribution in [0.4, 0.5) is 0 Å². The minimum atomic E-state index is -5.23. The number of phosphoric acid groups is 1. The van der Waals surface area contributed by atoms with Crippen LogP contribution in [-0.4, -0.2) is 134 Å². The third-order valence-electron chi connectivity index (χ3n) is 10.4. The second-order valence-corrected chi connectivity index (χ2v) is 15.8. The van der Waals surface area contributed by atoms with E-state index < -0.39 is 152 Å². The number of aromatic amines is 3. The van der Waals surface area contributed by atoms with Crippen molar-refractivity contribution < 1.29 is 63.0 Å². The van der Waals surface area contributed by atoms with Crippen molar-refractivity contribution in [3.05, 3.63) is 96.3 Å². The van der Waals surface area contributed by atoms with E-state index in [1.165, 1.54) is 20.8 Å². The Balaban J connectivity index is 1.26. The highest BCUT2D eigenvalue weighted by atomic mass is 31.2. The van der Waals surface area contributed by atoms with Crippen molar-refractivity contribution in [3.63, 3.8) is 0 Å². The van der Waals surface area contributed by atoms with Gasteiger partial charge < -0.3 is 44.8 Å². The molecular weight excluding hydrogens is 857 g/mol. The van der Waals surface area contributed by atoms with Crippen molar-refractivity contribution in [2.45, 2.75) is 94.4 Å². The molecule has 0 unspecified atom stereocenters. The monoisotopic (exact) mass is 893 g/mol. The molecule has 6 rings (SSSR count). The van der Waals surface area contributed by atoms with Crippen molar-refractivity contribution in [2.75, 3.05) is 19.8 Å². The number of aromatic nitrogens is 6. The molecule has 3 aromatic rings. The number of nitrogens with zero attached hydrogens (tertiary/aromatic N) is 6. The molecule has 0 amide bonds. The SMILES string of the molecule is Cc1c(C#N)n([C@@H]2O[C@H](COP(=O)(OC[C@H]3O[C@@H](n4c(C#N)c(C)c(=O)[nH]c4=O)[C@H](O)[C@@H]3O)OC[C@H]3O[C@@H](n4c(C#N)c(C)c(=O)[nH]c4=O)[C@H](O)[C@@H]3O)[C@@H](O)[C@H]2O)c(=O)[nH]c1=O. The summed E-state index contributed by atoms with van der Waals surface area (Å²) in [5.41, 5.74) is -8.74. The van der Waals surface area contributed by atoms with Crippen LogP contribution in [0, 0.1) is 54.8 Å². The molecular formula is C33H36N9O19P. The van der Waals surface area contributed by atoms with Gasteiger partial charge in [-0.1, -0.05) is 0 Å². The Labute approximate surface area is 343 Å². The van der Waals surface area contributed by atoms with Gasteiger partial charge in [-0.05, 0) is 20.8 Å². The van der Waals surface area contributed by atoms with Gasteiger partial charge in [-0.2, -0.15) is 15.8 Å². The summed E-state index contributed by atoms with van der Waals surface area (Å²) >= 11 is 0. The maximum absolute atomic E-state index is 14.3. The molecule has 0 aliphatic carbocycles. The third kappa shape index (κ3) is 8.05. The molecule has 6 heterocycles. The Morgan fingerprint density at radius 2 is 0.758 bits per heavy atom. The van der Waals surface area contributed by atoms with E-state index >= 15 is 0 Å². The minimum absolute atomic E-state index is 0.246. The standard InChI is InChI=1S/C33H36N9O19P/c1-10-13(4-34)40(31(52)37-25(10)49)28-22(46)19(43)16(59-28)7-56-62(55,57-8-17-20(44)23(47)29(60-17)41-14(5-35)11(2)26(50)38-32(41)53)58-9-18-21(45)24(48)30(61-18)42-15(6-36)12(3)27(51)39-33(42)54/h16-24,28-30,43-48H,7-9H2,1-3H3,(H,37,49,52)(H,38,50,53)(H,39,51,54)/t16-,17-,18-,19-,20-,21-,22-,23-,24-,28-,29-,30-/m1/s1. The van der Waals surface area contributed by atoms with Gasteiger partial charge in [0.25, 0.3) is 16.7 Å². The first-order chi connectivity index (χ1) is 29.2. The Hall–Kier alpha value is -5.74. The number of aliphatic hydroxyl groups is 6. The number of aliphatic hydroxyl groups excluding tert-OH is 6. The zero-order chi connectivity index (χ0) is 45.7. The number of phosphoric ester groups is 1. The topological polar surface area (TPSA) is 430 Å². The summed E-state index contributed by atoms with van der Waals surface area (Å²) < 4.78 is 49.0. The van der Waals surface area contributed by atoms with Crippen LogP contribution in [0.25, 0.3) is 0 Å². The summed E-state index contributed by atoms with van der Waals surface area (Å²) in [6.45, 7) is 0.454. The minimum Gasteiger partial charge on any atom is -0.387 e. The fraction of sp³-hybridized carbons (Fsp3) is 0.545. The number of hydrogen-bond donors (Lipinski definition) is 9. The van der Waals surface area contributed by atoms with Gasteiger partial charge in [0.2, 0.25) is 0 Å². The van der Waals surface area contributed by atoms with E-state index in [4.69, 9.17) is 27.8 Å². The molecule has 3 fully saturated rings. The fourth-order valence-electron chi connectivity index (χ4n) is 6.91. The number of H-pyrrole nitrogens is 3. The lowest BCUT2D eigenvalue weighted by Gasteiger charge is -2.24. The van der Waals surface area contributed by atoms with Crippen LogP contribution in [0.2, 0.25) is 0 Å². The highest BCUT2D eigenvalue weighted by molar-refractivity contribution is 7.48. The molecule has 3 aliphatic heterocycles. The first-order valence-corrected chi connectivity index (χ1v) is 19.5. The molecule has 0 aromatic carbocycles. The molecule has 0 bridgehead atoms. The second kappa shape index (κ2) is 17.6. The lowest BCUT2D eigenvalue weighted by atomic mass is 10.1. The summed E-state index contributed by atoms with van der Waals surface area (Å²) in [6, 6.07) is 4.92. The first-order valence-electron chi connectivity index (χ1n) is 18.0. The van der Waals surface area contributed by atoms with Crippen molar-refractivity contribution in [1.29, 1.82) is 15.8 Å². The summed E-state index contributed by atoms with van der Waals surface area (Å²) in [5, 5.41) is 94.1. The van der Waals surface area contributed by atoms with E-state index in [9.17, 15) is 79.8 Å². The van der Waals surface area contributed by atoms with Gasteiger partial charge in [0.15, 0.2) is 18.7 Å². The van der Waals surface area contributed by atoms with Gasteiger partial charge in [0.05, 0.1) is 19.8 Å². The average Bonchev–Trinajstić information content (AvgIpc) is 3.79. The fourth-order valence-corrected chi connectivity index (χ4v) is 8.12. The molecule has 28 nitrogen and oxygen atoms in total. The van der Waals surface area contributed by atoms with Gasteiger partial charge in [-0.3, -0.25) is 56.6 Å². The summed E-state index contributed by atoms with van der Waals surface area (Å²) in [5.74, 6) is 0. The van der Waals surface area contributed by atoms with E-state index in [1.54, 1.807) is 18.2 Å². The maximum atomic E-state index is 14.3. The number of nitrogens with one attached hydrogen (secondary N) is 3. The molecule has 12 atom stereocenters. The van der Waals surface area contributed by atoms with Crippen LogP contribution in [0.15, 0.2) is 28.8 Å². The smallest absolute Gasteiger partial charge is 0.387 e. The highest BCUT2D eigenvalue weighted by Crippen LogP contribution is 2.52. The molecule has 3 aliphatic rings. The van der Waals surface area contributed by atoms with Gasteiger partial charge in [-0.15, -0.1) is 0 Å². The quantitative estimate of drug-likeness (QED) is 0.0765. The summed E-state index contributed by atoms with van der Waals surface area (Å²) in [7, 11) is -5.23. The van der Waals surface area contributed by atoms with Crippen molar-refractivity contribution in [1.82, 2.24) is 28.7 Å². The van der Waals surface area contributed by atoms with Gasteiger partial charge in [-0.25, -0.2) is 18.9 Å². The molecule has 3 aromatic heterocycles. The van der Waals surface area contributed by atoms with Crippen LogP contribution in [0.5, 0.6) is 0 Å². The van der Waals surface area contributed by atoms with Gasteiger partial charge in [0, 0.05) is 16.7 Å². The third-order valence-corrected chi connectivity index (χ3v) is 11.8. The lowest BCUT2D eigenvalue weighted by Crippen LogP contribution is -2.40. The highest BCUT2D eigenvalue weighted by Gasteiger charge is 2.50. The molecule has 0 saturated carbocycles. The van der Waals surface area contributed by atoms with Crippen molar-refractivity contribution >= 4 is 7.82 Å². The summed E-state index contributed by atoms with van der Waals surface area (Å²) in [6.07, 6.45) is -22.5. The average molecular weight is 894 g/mol. The predicted molar refractivity (Wildman–Crippen MR) is 196 cm³/mol.